The summed E-state index contributed by atoms with van der Waals surface area (Å²) in [5, 5.41) is 29.7. The molecule has 18 aromatic rings. The lowest BCUT2D eigenvalue weighted by Gasteiger charge is -2.24. The van der Waals surface area contributed by atoms with Gasteiger partial charge in [-0.15, -0.1) is 0 Å². The maximum absolute atomic E-state index is 2.44. The minimum atomic E-state index is -0.0182. The van der Waals surface area contributed by atoms with E-state index >= 15 is 0 Å². The fraction of sp³-hybridized carbons (Fsp3) is 0.157. The van der Waals surface area contributed by atoms with E-state index in [1.807, 2.05) is 0 Å². The topological polar surface area (TPSA) is 0 Å². The van der Waals surface area contributed by atoms with Crippen LogP contribution in [0.15, 0.2) is 291 Å². The highest BCUT2D eigenvalue weighted by atomic mass is 14.3. The van der Waals surface area contributed by atoms with E-state index in [-0.39, 0.29) is 21.7 Å². The van der Waals surface area contributed by atoms with E-state index in [9.17, 15) is 0 Å². The van der Waals surface area contributed by atoms with Crippen molar-refractivity contribution in [2.45, 2.75) is 105 Å². The summed E-state index contributed by atoms with van der Waals surface area (Å²) in [6.07, 6.45) is 0. The Hall–Kier alpha value is -11.2. The van der Waals surface area contributed by atoms with Gasteiger partial charge < -0.3 is 0 Å². The van der Waals surface area contributed by atoms with Gasteiger partial charge in [-0.1, -0.05) is 229 Å². The second kappa shape index (κ2) is 23.2. The Labute approximate surface area is 599 Å². The SMILES string of the molecule is CC(C)(C)c1ccc2c(ccc3cc(C(C)(C)C)ccc3[c+]2-c2c3ccccc3c(-c3c4ccccc4c(-c4c5ccccc5c(-c5c6ccccc6c(-[c+]6c7ccc(C(C)(C)C)cc7ccc7cc(C(C)(C)C)ccc76)c6ccccc56)c5ccccc45)c4ccccc34)c3ccccc23)c1. The van der Waals surface area contributed by atoms with Gasteiger partial charge in [0.15, 0.2) is 0 Å². The van der Waals surface area contributed by atoms with Gasteiger partial charge in [0.1, 0.15) is 0 Å². The Balaban J connectivity index is 0.920. The highest BCUT2D eigenvalue weighted by Gasteiger charge is 2.32. The molecule has 0 heteroatoms. The van der Waals surface area contributed by atoms with Crippen molar-refractivity contribution < 1.29 is 0 Å². The van der Waals surface area contributed by atoms with Gasteiger partial charge in [0, 0.05) is 75.8 Å². The third kappa shape index (κ3) is 9.92. The van der Waals surface area contributed by atoms with Crippen LogP contribution in [0.25, 0.3) is 185 Å². The van der Waals surface area contributed by atoms with Crippen LogP contribution in [0.1, 0.15) is 105 Å². The Morgan fingerprint density at radius 3 is 0.471 bits per heavy atom. The van der Waals surface area contributed by atoms with Gasteiger partial charge in [0.25, 0.3) is 0 Å². The molecule has 0 aliphatic heterocycles. The first-order chi connectivity index (χ1) is 49.2. The van der Waals surface area contributed by atoms with Crippen molar-refractivity contribution in [2.24, 2.45) is 0 Å². The molecule has 0 nitrogen and oxygen atoms in total. The predicted octanol–water partition coefficient (Wildman–Crippen LogP) is 29.6. The molecule has 0 amide bonds. The molecule has 0 spiro atoms. The zero-order valence-electron chi connectivity index (χ0n) is 60.7. The minimum Gasteiger partial charge on any atom is -0.0616 e. The summed E-state index contributed by atoms with van der Waals surface area (Å²) in [5.41, 5.74) is 17.8. The van der Waals surface area contributed by atoms with Gasteiger partial charge in [-0.25, -0.2) is 0 Å². The lowest BCUT2D eigenvalue weighted by Crippen LogP contribution is -2.10. The number of benzene rings is 16. The zero-order valence-corrected chi connectivity index (χ0v) is 60.7. The van der Waals surface area contributed by atoms with Gasteiger partial charge in [-0.05, 0) is 255 Å². The Kier molecular flexibility index (Phi) is 14.3. The van der Waals surface area contributed by atoms with Crippen LogP contribution in [0.3, 0.4) is 0 Å². The number of hydrogen-bond donors (Lipinski definition) is 0. The van der Waals surface area contributed by atoms with Crippen molar-refractivity contribution in [1.82, 2.24) is 0 Å². The van der Waals surface area contributed by atoms with Gasteiger partial charge >= 0.3 is 0 Å². The largest absolute Gasteiger partial charge is 0.0697 e. The van der Waals surface area contributed by atoms with Gasteiger partial charge in [0.2, 0.25) is 0 Å². The predicted molar refractivity (Wildman–Crippen MR) is 447 cm³/mol. The number of hydrogen-bond acceptors (Lipinski definition) is 0. The summed E-state index contributed by atoms with van der Waals surface area (Å²) in [7, 11) is 0. The highest BCUT2D eigenvalue weighted by molar-refractivity contribution is 6.37. The van der Waals surface area contributed by atoms with Crippen molar-refractivity contribution in [3.8, 4) is 55.6 Å². The first kappa shape index (κ1) is 63.0. The Bertz CT molecular complexity index is 5850. The van der Waals surface area contributed by atoms with E-state index in [0.29, 0.717) is 0 Å². The smallest absolute Gasteiger partial charge is 0.0616 e. The molecular weight excluding hydrogens is 1230 g/mol. The summed E-state index contributed by atoms with van der Waals surface area (Å²) < 4.78 is 0. The summed E-state index contributed by atoms with van der Waals surface area (Å²) >= 11 is 0. The van der Waals surface area contributed by atoms with Crippen molar-refractivity contribution in [2.75, 3.05) is 0 Å². The molecule has 0 N–H and O–H groups in total. The van der Waals surface area contributed by atoms with E-state index in [1.165, 1.54) is 207 Å². The zero-order chi connectivity index (χ0) is 69.9. The van der Waals surface area contributed by atoms with Crippen LogP contribution >= 0.6 is 0 Å². The monoisotopic (exact) mass is 1310 g/mol. The van der Waals surface area contributed by atoms with E-state index in [0.717, 1.165) is 0 Å². The summed E-state index contributed by atoms with van der Waals surface area (Å²) in [6.45, 7) is 27.9. The summed E-state index contributed by atoms with van der Waals surface area (Å²) in [6, 6.07) is 113. The second-order valence-corrected chi connectivity index (χ2v) is 33.0. The first-order valence-corrected chi connectivity index (χ1v) is 36.6. The van der Waals surface area contributed by atoms with E-state index < -0.39 is 0 Å². The molecule has 0 aliphatic rings. The molecule has 0 aromatic heterocycles. The number of fused-ring (bicyclic) bond motifs is 12. The van der Waals surface area contributed by atoms with Crippen LogP contribution in [-0.4, -0.2) is 0 Å². The molecular formula is C102H84+2. The molecule has 0 unspecified atom stereocenters. The Morgan fingerprint density at radius 1 is 0.167 bits per heavy atom. The lowest BCUT2D eigenvalue weighted by atomic mass is 9.77. The third-order valence-corrected chi connectivity index (χ3v) is 22.6. The second-order valence-electron chi connectivity index (χ2n) is 33.0. The van der Waals surface area contributed by atoms with Crippen LogP contribution < -0.4 is 0 Å². The number of rotatable bonds is 5. The summed E-state index contributed by atoms with van der Waals surface area (Å²) in [5.74, 6) is 0. The highest BCUT2D eigenvalue weighted by Crippen LogP contribution is 2.57. The molecule has 0 saturated carbocycles. The fourth-order valence-electron chi connectivity index (χ4n) is 17.4. The van der Waals surface area contributed by atoms with Gasteiger partial charge in [-0.2, -0.15) is 0 Å². The van der Waals surface area contributed by atoms with Gasteiger partial charge in [-0.3, -0.25) is 0 Å². The van der Waals surface area contributed by atoms with Crippen molar-refractivity contribution in [3.63, 3.8) is 0 Å². The van der Waals surface area contributed by atoms with Crippen LogP contribution in [-0.2, 0) is 21.7 Å². The van der Waals surface area contributed by atoms with Crippen LogP contribution in [0, 0.1) is 0 Å². The van der Waals surface area contributed by atoms with Crippen LogP contribution in [0.5, 0.6) is 0 Å². The van der Waals surface area contributed by atoms with Crippen LogP contribution in [0.4, 0.5) is 0 Å². The molecule has 490 valence electrons. The molecule has 0 aliphatic carbocycles. The van der Waals surface area contributed by atoms with Gasteiger partial charge in [0.05, 0.1) is 43.8 Å². The maximum atomic E-state index is 2.44. The van der Waals surface area contributed by atoms with Crippen molar-refractivity contribution >= 4 is 129 Å². The third-order valence-electron chi connectivity index (χ3n) is 22.6. The lowest BCUT2D eigenvalue weighted by molar-refractivity contribution is 0.591. The molecule has 0 bridgehead atoms. The molecule has 102 heavy (non-hydrogen) atoms. The Morgan fingerprint density at radius 2 is 0.314 bits per heavy atom. The average Bonchev–Trinajstić information content (AvgIpc) is 0.754. The molecule has 0 radical (unpaired) electrons. The maximum Gasteiger partial charge on any atom is 0.0697 e. The molecule has 18 aromatic carbocycles. The molecule has 0 saturated heterocycles. The fourth-order valence-corrected chi connectivity index (χ4v) is 17.4. The van der Waals surface area contributed by atoms with Crippen molar-refractivity contribution in [1.29, 1.82) is 0 Å². The standard InChI is InChI=1S/C102H84/c1-99(2,3)65-49-53-69-61(57-65)45-46-62-58-66(100(4,5)6)50-54-70(62)89(69)91-73-29-13-17-33-77(73)93(78-34-18-14-30-74(78)91)95-81-37-21-25-41-85(81)97(86-42-26-22-38-82(86)95)98-87-43-27-23-39-83(87)96(84-40-24-28-44-88(84)98)94-79-35-19-15-31-75(79)92(76-32-16-20-36-80(76)94)90-71-55-51-67(101(7,8)9)59-63(71)47-48-64-60-68(102(10,11)12)52-56-72(64)90/h13-60H,1-12H3/q+2. The molecule has 18 rings (SSSR count). The minimum absolute atomic E-state index is 0.0182. The quantitative estimate of drug-likeness (QED) is 0.119. The van der Waals surface area contributed by atoms with E-state index in [4.69, 9.17) is 0 Å². The molecule has 0 heterocycles. The van der Waals surface area contributed by atoms with E-state index in [1.54, 1.807) is 0 Å². The van der Waals surface area contributed by atoms with Crippen molar-refractivity contribution in [3.05, 3.63) is 313 Å². The average molecular weight is 1310 g/mol. The molecule has 0 atom stereocenters. The summed E-state index contributed by atoms with van der Waals surface area (Å²) in [4.78, 5) is 0. The van der Waals surface area contributed by atoms with E-state index in [2.05, 4.69) is 374 Å². The normalized spacial score (nSPS) is 12.7. The molecule has 0 fully saturated rings. The van der Waals surface area contributed by atoms with Crippen LogP contribution in [0.2, 0.25) is 0 Å². The first-order valence-electron chi connectivity index (χ1n) is 36.6.